The van der Waals surface area contributed by atoms with Gasteiger partial charge in [-0.2, -0.15) is 0 Å². The van der Waals surface area contributed by atoms with Crippen LogP contribution in [0.5, 0.6) is 0 Å². The third-order valence-electron chi connectivity index (χ3n) is 6.71. The Hall–Kier alpha value is -4.13. The van der Waals surface area contributed by atoms with Gasteiger partial charge in [0, 0.05) is 47.4 Å². The van der Waals surface area contributed by atoms with E-state index < -0.39 is 11.9 Å². The van der Waals surface area contributed by atoms with E-state index in [2.05, 4.69) is 37.2 Å². The van der Waals surface area contributed by atoms with Gasteiger partial charge in [0.25, 0.3) is 0 Å². The Labute approximate surface area is 209 Å². The highest BCUT2D eigenvalue weighted by Gasteiger charge is 2.24. The molecule has 2 aromatic rings. The second-order valence-electron chi connectivity index (χ2n) is 8.55. The third kappa shape index (κ3) is 4.44. The lowest BCUT2D eigenvalue weighted by molar-refractivity contribution is 0.0682. The Bertz CT molecular complexity index is 1490. The van der Waals surface area contributed by atoms with Gasteiger partial charge in [0.15, 0.2) is 0 Å². The fourth-order valence-corrected chi connectivity index (χ4v) is 4.80. The van der Waals surface area contributed by atoms with E-state index in [1.165, 1.54) is 18.2 Å². The van der Waals surface area contributed by atoms with Crippen LogP contribution in [0.3, 0.4) is 0 Å². The average molecular weight is 488 g/mol. The van der Waals surface area contributed by atoms with Gasteiger partial charge in [0.2, 0.25) is 5.36 Å². The fraction of sp³-hybridized carbons (Fsp3) is 0.276. The zero-order chi connectivity index (χ0) is 26.0. The first-order valence-electron chi connectivity index (χ1n) is 12.3. The number of nitrogens with zero attached hydrogens (tertiary/aromatic N) is 2. The van der Waals surface area contributed by atoms with Crippen LogP contribution in [0.15, 0.2) is 59.0 Å². The molecule has 4 rings (SSSR count). The summed E-state index contributed by atoms with van der Waals surface area (Å²) >= 11 is 0. The molecule has 2 N–H and O–H groups in total. The number of aromatic carboxylic acids is 2. The topological polar surface area (TPSA) is 94.0 Å². The summed E-state index contributed by atoms with van der Waals surface area (Å²) in [5.74, 6) is -1.63. The normalized spacial score (nSPS) is 11.1. The molecular formula is C29H31N2O5+. The van der Waals surface area contributed by atoms with E-state index in [4.69, 9.17) is 4.42 Å². The van der Waals surface area contributed by atoms with Crippen LogP contribution in [0, 0.1) is 0 Å². The molecule has 1 heterocycles. The summed E-state index contributed by atoms with van der Waals surface area (Å²) in [5, 5.41) is 21.3. The fourth-order valence-electron chi connectivity index (χ4n) is 4.80. The number of benzene rings is 3. The zero-order valence-electron chi connectivity index (χ0n) is 21.0. The van der Waals surface area contributed by atoms with Crippen LogP contribution in [0.25, 0.3) is 33.4 Å². The Morgan fingerprint density at radius 2 is 1.56 bits per heavy atom. The highest BCUT2D eigenvalue weighted by atomic mass is 16.4. The number of carboxylic acids is 2. The monoisotopic (exact) mass is 487 g/mol. The maximum absolute atomic E-state index is 12.2. The Kier molecular flexibility index (Phi) is 7.10. The maximum Gasteiger partial charge on any atom is 0.336 e. The highest BCUT2D eigenvalue weighted by molar-refractivity contribution is 6.09. The van der Waals surface area contributed by atoms with E-state index in [1.54, 1.807) is 0 Å². The summed E-state index contributed by atoms with van der Waals surface area (Å²) in [4.78, 5) is 26.2. The molecule has 2 aliphatic rings. The van der Waals surface area contributed by atoms with Crippen molar-refractivity contribution in [3.63, 3.8) is 0 Å². The zero-order valence-corrected chi connectivity index (χ0v) is 21.0. The molecule has 0 saturated heterocycles. The van der Waals surface area contributed by atoms with Crippen molar-refractivity contribution in [1.29, 1.82) is 0 Å². The first kappa shape index (κ1) is 25.0. The quantitative estimate of drug-likeness (QED) is 0.260. The molecule has 0 spiro atoms. The largest absolute Gasteiger partial charge is 0.478 e. The Morgan fingerprint density at radius 3 is 2.17 bits per heavy atom. The van der Waals surface area contributed by atoms with Gasteiger partial charge in [0.05, 0.1) is 17.2 Å². The summed E-state index contributed by atoms with van der Waals surface area (Å²) in [6, 6.07) is 15.9. The van der Waals surface area contributed by atoms with Crippen LogP contribution < -0.4 is 14.8 Å². The van der Waals surface area contributed by atoms with Crippen LogP contribution in [-0.4, -0.2) is 48.3 Å². The lowest BCUT2D eigenvalue weighted by Crippen LogP contribution is -2.29. The summed E-state index contributed by atoms with van der Waals surface area (Å²) in [6.45, 7) is 11.7. The summed E-state index contributed by atoms with van der Waals surface area (Å²) in [5.41, 5.74) is 3.38. The molecule has 0 radical (unpaired) electrons. The number of anilines is 1. The second-order valence-corrected chi connectivity index (χ2v) is 8.55. The molecule has 0 saturated carbocycles. The molecular weight excluding hydrogens is 456 g/mol. The first-order valence-corrected chi connectivity index (χ1v) is 12.3. The molecule has 1 aliphatic heterocycles. The third-order valence-corrected chi connectivity index (χ3v) is 6.71. The molecule has 0 bridgehead atoms. The molecule has 7 heteroatoms. The molecule has 2 aromatic carbocycles. The van der Waals surface area contributed by atoms with Crippen molar-refractivity contribution in [2.24, 2.45) is 0 Å². The minimum atomic E-state index is -1.12. The molecule has 0 fully saturated rings. The van der Waals surface area contributed by atoms with Gasteiger partial charge in [0.1, 0.15) is 24.4 Å². The number of carbonyl (C=O) groups is 2. The first-order chi connectivity index (χ1) is 17.3. The van der Waals surface area contributed by atoms with E-state index >= 15 is 0 Å². The SMILES string of the molecule is CCN(CC)c1ccc2c(-c3cc(C(=O)O)ccc3C(=O)O)c3ccc(=[N+](CC)CC)cc-3oc2c1. The smallest absolute Gasteiger partial charge is 0.336 e. The Balaban J connectivity index is 2.17. The minimum absolute atomic E-state index is 0.0246. The Morgan fingerprint density at radius 1 is 0.833 bits per heavy atom. The van der Waals surface area contributed by atoms with Gasteiger partial charge < -0.3 is 19.5 Å². The number of hydrogen-bond donors (Lipinski definition) is 2. The van der Waals surface area contributed by atoms with Crippen molar-refractivity contribution >= 4 is 28.6 Å². The van der Waals surface area contributed by atoms with Crippen LogP contribution in [-0.2, 0) is 0 Å². The summed E-state index contributed by atoms with van der Waals surface area (Å²) < 4.78 is 8.64. The summed E-state index contributed by atoms with van der Waals surface area (Å²) in [6.07, 6.45) is 0. The predicted octanol–water partition coefficient (Wildman–Crippen LogP) is 5.26. The van der Waals surface area contributed by atoms with Crippen molar-refractivity contribution in [1.82, 2.24) is 4.58 Å². The van der Waals surface area contributed by atoms with Crippen LogP contribution in [0.2, 0.25) is 0 Å². The van der Waals surface area contributed by atoms with Crippen molar-refractivity contribution in [3.8, 4) is 22.5 Å². The van der Waals surface area contributed by atoms with Crippen LogP contribution in [0.4, 0.5) is 5.69 Å². The average Bonchev–Trinajstić information content (AvgIpc) is 2.88. The van der Waals surface area contributed by atoms with Crippen LogP contribution in [0.1, 0.15) is 48.4 Å². The van der Waals surface area contributed by atoms with Crippen molar-refractivity contribution in [2.75, 3.05) is 31.1 Å². The molecule has 0 unspecified atom stereocenters. The molecule has 186 valence electrons. The molecule has 0 aromatic heterocycles. The van der Waals surface area contributed by atoms with E-state index in [9.17, 15) is 19.8 Å². The van der Waals surface area contributed by atoms with E-state index in [0.29, 0.717) is 22.5 Å². The maximum atomic E-state index is 12.2. The molecule has 0 atom stereocenters. The molecule has 0 amide bonds. The van der Waals surface area contributed by atoms with Crippen molar-refractivity contribution in [2.45, 2.75) is 27.7 Å². The number of carboxylic acid groups (broad SMARTS) is 2. The van der Waals surface area contributed by atoms with Gasteiger partial charge in [-0.25, -0.2) is 14.2 Å². The van der Waals surface area contributed by atoms with Crippen molar-refractivity contribution < 1.29 is 24.2 Å². The minimum Gasteiger partial charge on any atom is -0.478 e. The van der Waals surface area contributed by atoms with Gasteiger partial charge in [-0.15, -0.1) is 0 Å². The van der Waals surface area contributed by atoms with Gasteiger partial charge >= 0.3 is 11.9 Å². The van der Waals surface area contributed by atoms with E-state index in [-0.39, 0.29) is 11.1 Å². The number of hydrogen-bond acceptors (Lipinski definition) is 4. The summed E-state index contributed by atoms with van der Waals surface area (Å²) in [7, 11) is 0. The second kappa shape index (κ2) is 10.2. The van der Waals surface area contributed by atoms with Gasteiger partial charge in [-0.3, -0.25) is 0 Å². The number of fused-ring (bicyclic) bond motifs is 2. The standard InChI is InChI=1S/C29H30N2O5/c1-5-30(6-2)19-10-13-22-25(16-19)36-26-17-20(31(7-3)8-4)11-14-23(26)27(22)24-15-18(28(32)33)9-12-21(24)29(34)35/h9-17H,5-8H2,1-4H3,(H-,32,33,34,35)/p+1. The highest BCUT2D eigenvalue weighted by Crippen LogP contribution is 2.42. The predicted molar refractivity (Wildman–Crippen MR) is 142 cm³/mol. The van der Waals surface area contributed by atoms with Gasteiger partial charge in [-0.1, -0.05) is 0 Å². The van der Waals surface area contributed by atoms with Crippen LogP contribution >= 0.6 is 0 Å². The van der Waals surface area contributed by atoms with E-state index in [0.717, 1.165) is 48.2 Å². The van der Waals surface area contributed by atoms with Gasteiger partial charge in [-0.05, 0) is 69.7 Å². The lowest BCUT2D eigenvalue weighted by Gasteiger charge is -2.22. The molecule has 36 heavy (non-hydrogen) atoms. The number of rotatable bonds is 8. The van der Waals surface area contributed by atoms with Crippen molar-refractivity contribution in [3.05, 3.63) is 71.1 Å². The lowest BCUT2D eigenvalue weighted by atomic mass is 9.89. The molecule has 7 nitrogen and oxygen atoms in total. The molecule has 1 aliphatic carbocycles. The van der Waals surface area contributed by atoms with E-state index in [1.807, 2.05) is 36.4 Å².